The molecular formula is C12H21NO3. The maximum Gasteiger partial charge on any atom is 0.304 e. The number of esters is 1. The van der Waals surface area contributed by atoms with Crippen molar-refractivity contribution in [3.05, 3.63) is 0 Å². The van der Waals surface area contributed by atoms with Crippen LogP contribution >= 0.6 is 0 Å². The van der Waals surface area contributed by atoms with Crippen LogP contribution in [0.5, 0.6) is 0 Å². The Morgan fingerprint density at radius 2 is 2.00 bits per heavy atom. The van der Waals surface area contributed by atoms with Crippen molar-refractivity contribution in [3.63, 3.8) is 0 Å². The van der Waals surface area contributed by atoms with Crippen molar-refractivity contribution in [2.45, 2.75) is 51.4 Å². The zero-order valence-corrected chi connectivity index (χ0v) is 9.98. The van der Waals surface area contributed by atoms with Gasteiger partial charge in [0, 0.05) is 6.92 Å². The number of nitrogens with zero attached hydrogens (tertiary/aromatic N) is 1. The van der Waals surface area contributed by atoms with E-state index >= 15 is 0 Å². The summed E-state index contributed by atoms with van der Waals surface area (Å²) in [6.07, 6.45) is 5.63. The molecule has 0 radical (unpaired) electrons. The molecule has 0 bridgehead atoms. The number of carbonyl (C=O) groups is 1. The molecule has 0 aromatic heterocycles. The minimum atomic E-state index is -0.343. The number of hydrogen-bond acceptors (Lipinski definition) is 4. The molecule has 0 aromatic carbocycles. The molecule has 2 aliphatic heterocycles. The number of hydrogen-bond donors (Lipinski definition) is 0. The van der Waals surface area contributed by atoms with E-state index in [1.807, 2.05) is 0 Å². The summed E-state index contributed by atoms with van der Waals surface area (Å²) in [6.45, 7) is 4.39. The van der Waals surface area contributed by atoms with Gasteiger partial charge in [0.1, 0.15) is 0 Å². The van der Waals surface area contributed by atoms with Crippen molar-refractivity contribution in [1.82, 2.24) is 4.90 Å². The third-order valence-electron chi connectivity index (χ3n) is 3.38. The van der Waals surface area contributed by atoms with E-state index in [0.717, 1.165) is 25.9 Å². The first kappa shape index (κ1) is 11.9. The van der Waals surface area contributed by atoms with E-state index in [2.05, 4.69) is 4.90 Å². The highest BCUT2D eigenvalue weighted by Crippen LogP contribution is 2.24. The third-order valence-corrected chi connectivity index (χ3v) is 3.38. The maximum atomic E-state index is 11.0. The Bertz CT molecular complexity index is 238. The fraction of sp³-hybridized carbons (Fsp3) is 0.917. The van der Waals surface area contributed by atoms with Crippen LogP contribution in [0.15, 0.2) is 0 Å². The highest BCUT2D eigenvalue weighted by Gasteiger charge is 2.33. The molecule has 92 valence electrons. The minimum Gasteiger partial charge on any atom is -0.434 e. The molecule has 16 heavy (non-hydrogen) atoms. The topological polar surface area (TPSA) is 38.8 Å². The molecule has 0 saturated carbocycles. The lowest BCUT2D eigenvalue weighted by Crippen LogP contribution is -2.50. The maximum absolute atomic E-state index is 11.0. The number of ether oxygens (including phenoxy) is 2. The van der Waals surface area contributed by atoms with Crippen LogP contribution in [0.25, 0.3) is 0 Å². The van der Waals surface area contributed by atoms with Crippen LogP contribution in [-0.4, -0.2) is 42.9 Å². The van der Waals surface area contributed by atoms with Gasteiger partial charge in [-0.05, 0) is 38.8 Å². The molecule has 2 unspecified atom stereocenters. The second-order valence-corrected chi connectivity index (χ2v) is 4.65. The Morgan fingerprint density at radius 3 is 2.69 bits per heavy atom. The normalized spacial score (nSPS) is 32.3. The number of piperidine rings is 1. The Hall–Kier alpha value is -0.610. The van der Waals surface area contributed by atoms with Crippen molar-refractivity contribution in [3.8, 4) is 0 Å². The molecule has 2 atom stereocenters. The summed E-state index contributed by atoms with van der Waals surface area (Å²) in [7, 11) is 0. The quantitative estimate of drug-likeness (QED) is 0.671. The fourth-order valence-corrected chi connectivity index (χ4v) is 2.62. The van der Waals surface area contributed by atoms with Crippen molar-refractivity contribution >= 4 is 5.97 Å². The SMILES string of the molecule is CC(=O)OC1OCCCC1N1CCCCC1. The molecule has 2 aliphatic rings. The molecule has 0 aromatic rings. The van der Waals surface area contributed by atoms with Gasteiger partial charge in [0.15, 0.2) is 0 Å². The Morgan fingerprint density at radius 1 is 1.25 bits per heavy atom. The standard InChI is InChI=1S/C12H21NO3/c1-10(14)16-12-11(6-5-9-15-12)13-7-3-2-4-8-13/h11-12H,2-9H2,1H3. The smallest absolute Gasteiger partial charge is 0.304 e. The molecule has 0 aliphatic carbocycles. The Kier molecular flexibility index (Phi) is 4.18. The summed E-state index contributed by atoms with van der Waals surface area (Å²) in [5, 5.41) is 0. The van der Waals surface area contributed by atoms with Crippen molar-refractivity contribution in [2.75, 3.05) is 19.7 Å². The van der Waals surface area contributed by atoms with E-state index in [0.29, 0.717) is 6.61 Å². The molecule has 2 heterocycles. The number of rotatable bonds is 2. The molecule has 2 rings (SSSR count). The van der Waals surface area contributed by atoms with E-state index in [1.165, 1.54) is 26.2 Å². The van der Waals surface area contributed by atoms with Crippen molar-refractivity contribution in [1.29, 1.82) is 0 Å². The van der Waals surface area contributed by atoms with Crippen LogP contribution in [0.2, 0.25) is 0 Å². The van der Waals surface area contributed by atoms with Gasteiger partial charge in [-0.1, -0.05) is 6.42 Å². The second-order valence-electron chi connectivity index (χ2n) is 4.65. The Balaban J connectivity index is 1.94. The molecule has 2 saturated heterocycles. The van der Waals surface area contributed by atoms with Gasteiger partial charge in [-0.25, -0.2) is 0 Å². The van der Waals surface area contributed by atoms with E-state index < -0.39 is 0 Å². The van der Waals surface area contributed by atoms with E-state index in [4.69, 9.17) is 9.47 Å². The summed E-state index contributed by atoms with van der Waals surface area (Å²) in [6, 6.07) is 0.276. The lowest BCUT2D eigenvalue weighted by atomic mass is 10.0. The van der Waals surface area contributed by atoms with Gasteiger partial charge >= 0.3 is 5.97 Å². The number of carbonyl (C=O) groups excluding carboxylic acids is 1. The average Bonchev–Trinajstić information content (AvgIpc) is 2.30. The molecular weight excluding hydrogens is 206 g/mol. The van der Waals surface area contributed by atoms with E-state index in [-0.39, 0.29) is 18.3 Å². The molecule has 4 heteroatoms. The van der Waals surface area contributed by atoms with Crippen LogP contribution in [-0.2, 0) is 14.3 Å². The largest absolute Gasteiger partial charge is 0.434 e. The first-order valence-electron chi connectivity index (χ1n) is 6.30. The van der Waals surface area contributed by atoms with Crippen LogP contribution in [0.4, 0.5) is 0 Å². The molecule has 0 amide bonds. The summed E-state index contributed by atoms with van der Waals surface area (Å²) >= 11 is 0. The highest BCUT2D eigenvalue weighted by molar-refractivity contribution is 5.66. The monoisotopic (exact) mass is 227 g/mol. The summed E-state index contributed by atoms with van der Waals surface area (Å²) < 4.78 is 10.8. The van der Waals surface area contributed by atoms with Crippen LogP contribution in [0.1, 0.15) is 39.0 Å². The summed E-state index contributed by atoms with van der Waals surface area (Å²) in [5.74, 6) is -0.242. The van der Waals surface area contributed by atoms with Gasteiger partial charge in [-0.2, -0.15) is 0 Å². The molecule has 4 nitrogen and oxygen atoms in total. The number of likely N-dealkylation sites (tertiary alicyclic amines) is 1. The summed E-state index contributed by atoms with van der Waals surface area (Å²) in [5.41, 5.74) is 0. The Labute approximate surface area is 96.9 Å². The van der Waals surface area contributed by atoms with Crippen molar-refractivity contribution < 1.29 is 14.3 Å². The second kappa shape index (κ2) is 5.64. The van der Waals surface area contributed by atoms with Crippen LogP contribution < -0.4 is 0 Å². The minimum absolute atomic E-state index is 0.242. The highest BCUT2D eigenvalue weighted by atomic mass is 16.7. The first-order valence-corrected chi connectivity index (χ1v) is 6.30. The molecule has 0 N–H and O–H groups in total. The van der Waals surface area contributed by atoms with Gasteiger partial charge in [-0.15, -0.1) is 0 Å². The van der Waals surface area contributed by atoms with Gasteiger partial charge in [0.2, 0.25) is 6.29 Å². The van der Waals surface area contributed by atoms with Crippen LogP contribution in [0, 0.1) is 0 Å². The predicted molar refractivity (Wildman–Crippen MR) is 60.0 cm³/mol. The van der Waals surface area contributed by atoms with Crippen LogP contribution in [0.3, 0.4) is 0 Å². The van der Waals surface area contributed by atoms with Gasteiger partial charge in [0.25, 0.3) is 0 Å². The van der Waals surface area contributed by atoms with E-state index in [9.17, 15) is 4.79 Å². The average molecular weight is 227 g/mol. The summed E-state index contributed by atoms with van der Waals surface area (Å²) in [4.78, 5) is 13.4. The molecule has 2 fully saturated rings. The van der Waals surface area contributed by atoms with Gasteiger partial charge in [-0.3, -0.25) is 9.69 Å². The molecule has 0 spiro atoms. The van der Waals surface area contributed by atoms with Crippen molar-refractivity contribution in [2.24, 2.45) is 0 Å². The fourth-order valence-electron chi connectivity index (χ4n) is 2.62. The lowest BCUT2D eigenvalue weighted by Gasteiger charge is -2.40. The van der Waals surface area contributed by atoms with Gasteiger partial charge in [0.05, 0.1) is 12.6 Å². The predicted octanol–water partition coefficient (Wildman–Crippen LogP) is 1.54. The third kappa shape index (κ3) is 2.95. The first-order chi connectivity index (χ1) is 7.77. The van der Waals surface area contributed by atoms with E-state index in [1.54, 1.807) is 0 Å². The zero-order valence-electron chi connectivity index (χ0n) is 9.98. The van der Waals surface area contributed by atoms with Gasteiger partial charge < -0.3 is 9.47 Å². The lowest BCUT2D eigenvalue weighted by molar-refractivity contribution is -0.205. The zero-order chi connectivity index (χ0) is 11.4.